The van der Waals surface area contributed by atoms with E-state index in [0.717, 1.165) is 0 Å². The molecular formula is C51H108Fe2N6O12S6. The Morgan fingerprint density at radius 2 is 0.325 bits per heavy atom. The minimum absolute atomic E-state index is 0. The van der Waals surface area contributed by atoms with Crippen LogP contribution in [0.15, 0.2) is 0 Å². The van der Waals surface area contributed by atoms with Gasteiger partial charge in [-0.3, -0.25) is 25.3 Å². The van der Waals surface area contributed by atoms with E-state index in [1.807, 2.05) is 0 Å². The fourth-order valence-corrected chi connectivity index (χ4v) is 7.93. The minimum Gasteiger partial charge on any atom is -0.759 e. The van der Waals surface area contributed by atoms with E-state index in [1.165, 1.54) is 262 Å². The fourth-order valence-electron chi connectivity index (χ4n) is 7.93. The third-order valence-corrected chi connectivity index (χ3v) is 11.8. The maximum atomic E-state index is 8.52. The predicted octanol–water partition coefficient (Wildman–Crippen LogP) is 11.0. The minimum atomic E-state index is -5.17. The molecule has 0 rings (SSSR count). The van der Waals surface area contributed by atoms with Crippen molar-refractivity contribution in [1.29, 1.82) is 15.8 Å². The molecule has 0 bridgehead atoms. The molecule has 0 fully saturated rings. The molecule has 0 heterocycles. The van der Waals surface area contributed by atoms with Crippen LogP contribution in [0.2, 0.25) is 0 Å². The van der Waals surface area contributed by atoms with Gasteiger partial charge in [-0.05, 0) is 77.0 Å². The summed E-state index contributed by atoms with van der Waals surface area (Å²) in [4.78, 5) is 0. The van der Waals surface area contributed by atoms with Gasteiger partial charge in [0.2, 0.25) is 0 Å². The predicted molar refractivity (Wildman–Crippen MR) is 308 cm³/mol. The average molecular weight is 1300 g/mol. The maximum Gasteiger partial charge on any atom is 3.00 e. The molecular weight excluding hydrogens is 1190 g/mol. The van der Waals surface area contributed by atoms with E-state index in [4.69, 9.17) is 68.4 Å². The Kier molecular flexibility index (Phi) is 100. The molecule has 0 N–H and O–H groups in total. The zero-order valence-electron chi connectivity index (χ0n) is 49.7. The molecule has 77 heavy (non-hydrogen) atoms. The van der Waals surface area contributed by atoms with Gasteiger partial charge in [0.1, 0.15) is 0 Å². The van der Waals surface area contributed by atoms with Gasteiger partial charge in [-0.2, -0.15) is 0 Å². The summed E-state index contributed by atoms with van der Waals surface area (Å²) >= 11 is 11.1. The summed E-state index contributed by atoms with van der Waals surface area (Å²) in [5.41, 5.74) is 0. The van der Waals surface area contributed by atoms with Crippen LogP contribution in [0.4, 0.5) is 0 Å². The third kappa shape index (κ3) is 115. The number of quaternary nitrogens is 3. The smallest absolute Gasteiger partial charge is 0.759 e. The average Bonchev–Trinajstić information content (AvgIpc) is 3.32. The Morgan fingerprint density at radius 3 is 0.364 bits per heavy atom. The first-order valence-corrected chi connectivity index (χ1v) is 32.8. The Hall–Kier alpha value is -0.341. The fraction of sp³-hybridized carbons (Fsp3) is 0.941. The van der Waals surface area contributed by atoms with Crippen molar-refractivity contribution in [1.82, 2.24) is 0 Å². The van der Waals surface area contributed by atoms with Crippen LogP contribution in [-0.4, -0.2) is 145 Å². The largest absolute Gasteiger partial charge is 3.00 e. The topological polar surface area (TPSA) is 312 Å². The molecule has 18 nitrogen and oxygen atoms in total. The van der Waals surface area contributed by atoms with Gasteiger partial charge in [-0.15, -0.1) is 0 Å². The van der Waals surface area contributed by atoms with E-state index in [1.54, 1.807) is 0 Å². The second-order valence-corrected chi connectivity index (χ2v) is 21.4. The molecule has 0 aromatic heterocycles. The number of hydrogen-bond donors (Lipinski definition) is 0. The van der Waals surface area contributed by atoms with Crippen LogP contribution in [-0.2, 0) is 103 Å². The monoisotopic (exact) mass is 1300 g/mol. The number of unbranched alkanes of at least 4 members (excludes halogenated alkanes) is 12. The van der Waals surface area contributed by atoms with Crippen LogP contribution in [0.1, 0.15) is 237 Å². The summed E-state index contributed by atoms with van der Waals surface area (Å²) in [7, 11) is -15.5. The Morgan fingerprint density at radius 1 is 0.273 bits per heavy atom. The standard InChI is InChI=1S/3C16H36N.3CHNS.2Fe.3H2O4S/c3*1-5-9-13-17(14-10-6-2,15-11-7-3)16-12-8-4;3*2-1-3;;;3*1-5(2,3)4/h3*5-16H2,1-4H3;3*3H;;;3*(H2,1,2,3,4)/q3*+1;;;;2*+3;;;/p-9. The second-order valence-electron chi connectivity index (χ2n) is 18.4. The molecule has 0 aliphatic rings. The van der Waals surface area contributed by atoms with Gasteiger partial charge in [0.25, 0.3) is 0 Å². The molecule has 0 atom stereocenters. The van der Waals surface area contributed by atoms with Gasteiger partial charge in [0.05, 0.1) is 78.5 Å². The number of nitrogens with zero attached hydrogens (tertiary/aromatic N) is 6. The van der Waals surface area contributed by atoms with Crippen LogP contribution in [0.3, 0.4) is 0 Å². The van der Waals surface area contributed by atoms with E-state index < -0.39 is 31.2 Å². The van der Waals surface area contributed by atoms with Crippen molar-refractivity contribution >= 4 is 69.1 Å². The summed E-state index contributed by atoms with van der Waals surface area (Å²) in [6.45, 7) is 45.1. The number of hydrogen-bond acceptors (Lipinski definition) is 18. The zero-order valence-corrected chi connectivity index (χ0v) is 56.8. The van der Waals surface area contributed by atoms with Crippen molar-refractivity contribution in [2.75, 3.05) is 78.5 Å². The summed E-state index contributed by atoms with van der Waals surface area (Å²) in [5.74, 6) is 0. The van der Waals surface area contributed by atoms with Crippen molar-refractivity contribution in [3.8, 4) is 16.2 Å². The first-order valence-electron chi connectivity index (χ1n) is 27.6. The molecule has 0 aliphatic carbocycles. The zero-order chi connectivity index (χ0) is 60.6. The van der Waals surface area contributed by atoms with Gasteiger partial charge < -0.3 is 78.7 Å². The first-order chi connectivity index (χ1) is 35.0. The molecule has 0 saturated heterocycles. The summed E-state index contributed by atoms with van der Waals surface area (Å²) < 4.78 is 107. The Labute approximate surface area is 513 Å². The van der Waals surface area contributed by atoms with Gasteiger partial charge in [-0.25, -0.2) is 15.8 Å². The van der Waals surface area contributed by atoms with Gasteiger partial charge in [-0.1, -0.05) is 176 Å². The van der Waals surface area contributed by atoms with Crippen molar-refractivity contribution < 1.29 is 100 Å². The first kappa shape index (κ1) is 102. The van der Waals surface area contributed by atoms with Gasteiger partial charge in [0.15, 0.2) is 0 Å². The molecule has 0 amide bonds. The van der Waals surface area contributed by atoms with E-state index in [9.17, 15) is 0 Å². The molecule has 0 unspecified atom stereocenters. The van der Waals surface area contributed by atoms with E-state index >= 15 is 0 Å². The van der Waals surface area contributed by atoms with E-state index in [2.05, 4.69) is 121 Å². The Bertz CT molecular complexity index is 1290. The van der Waals surface area contributed by atoms with Crippen LogP contribution in [0.25, 0.3) is 0 Å². The number of rotatable bonds is 36. The van der Waals surface area contributed by atoms with E-state index in [0.29, 0.717) is 0 Å². The molecule has 466 valence electrons. The van der Waals surface area contributed by atoms with E-state index in [-0.39, 0.29) is 34.1 Å². The van der Waals surface area contributed by atoms with Crippen LogP contribution < -0.4 is 0 Å². The molecule has 0 aromatic rings. The van der Waals surface area contributed by atoms with Crippen LogP contribution in [0, 0.1) is 32.0 Å². The Balaban J connectivity index is -0.0000000768. The van der Waals surface area contributed by atoms with Crippen molar-refractivity contribution in [3.05, 3.63) is 0 Å². The normalized spacial score (nSPS) is 10.5. The van der Waals surface area contributed by atoms with Gasteiger partial charge in [0, 0.05) is 31.2 Å². The quantitative estimate of drug-likeness (QED) is 0.0140. The van der Waals surface area contributed by atoms with Crippen LogP contribution in [0.5, 0.6) is 0 Å². The molecule has 0 aliphatic heterocycles. The van der Waals surface area contributed by atoms with Crippen molar-refractivity contribution in [2.24, 2.45) is 0 Å². The molecule has 26 heteroatoms. The molecule has 0 spiro atoms. The van der Waals surface area contributed by atoms with Crippen molar-refractivity contribution in [3.63, 3.8) is 0 Å². The van der Waals surface area contributed by atoms with Gasteiger partial charge >= 0.3 is 34.1 Å². The summed E-state index contributed by atoms with van der Waals surface area (Å²) in [6.07, 6.45) is 33.2. The molecule has 0 aromatic carbocycles. The maximum absolute atomic E-state index is 8.52. The number of nitriles is 3. The SMILES string of the molecule is CCCC[N+](CCCC)(CCCC)CCCC.CCCC[N+](CCCC)(CCCC)CCCC.CCCC[N+](CCCC)(CCCC)CCCC.N#C[S-].N#C[S-].N#C[S-].O=S(=O)([O-])[O-].O=S(=O)([O-])[O-].O=S(=O)([O-])[O-].[Fe+3].[Fe+3]. The second kappa shape index (κ2) is 75.7. The van der Waals surface area contributed by atoms with Crippen LogP contribution >= 0.6 is 0 Å². The number of thiocyanates is 3. The molecule has 0 saturated carbocycles. The summed E-state index contributed by atoms with van der Waals surface area (Å²) in [6, 6.07) is 0. The van der Waals surface area contributed by atoms with Crippen molar-refractivity contribution in [2.45, 2.75) is 237 Å². The molecule has 2 radical (unpaired) electrons. The third-order valence-electron chi connectivity index (χ3n) is 11.8. The summed E-state index contributed by atoms with van der Waals surface area (Å²) in [5, 5.41) is 25.4.